The highest BCUT2D eigenvalue weighted by molar-refractivity contribution is 6.03. The summed E-state index contributed by atoms with van der Waals surface area (Å²) in [7, 11) is 0. The van der Waals surface area contributed by atoms with E-state index in [4.69, 9.17) is 4.74 Å². The average molecular weight is 313 g/mol. The second-order valence-electron chi connectivity index (χ2n) is 5.87. The highest BCUT2D eigenvalue weighted by atomic mass is 16.5. The molecule has 2 rings (SSSR count). The van der Waals surface area contributed by atoms with Crippen molar-refractivity contribution in [2.75, 3.05) is 10.6 Å². The van der Waals surface area contributed by atoms with E-state index in [-0.39, 0.29) is 12.0 Å². The summed E-state index contributed by atoms with van der Waals surface area (Å²) in [5, 5.41) is 6.09. The van der Waals surface area contributed by atoms with Gasteiger partial charge < -0.3 is 15.4 Å². The van der Waals surface area contributed by atoms with Crippen molar-refractivity contribution in [3.05, 3.63) is 48.3 Å². The van der Waals surface area contributed by atoms with Crippen LogP contribution in [0.5, 0.6) is 5.75 Å². The van der Waals surface area contributed by atoms with E-state index in [0.717, 1.165) is 11.4 Å². The fourth-order valence-corrected chi connectivity index (χ4v) is 2.06. The number of aromatic nitrogens is 1. The summed E-state index contributed by atoms with van der Waals surface area (Å²) in [5.41, 5.74) is 1.95. The van der Waals surface area contributed by atoms with Gasteiger partial charge in [-0.3, -0.25) is 9.78 Å². The third kappa shape index (κ3) is 5.29. The Kier molecular flexibility index (Phi) is 5.57. The van der Waals surface area contributed by atoms with E-state index in [2.05, 4.69) is 15.6 Å². The van der Waals surface area contributed by atoms with Crippen LogP contribution in [0, 0.1) is 0 Å². The summed E-state index contributed by atoms with van der Waals surface area (Å²) in [6.07, 6.45) is 1.75. The zero-order chi connectivity index (χ0) is 16.8. The van der Waals surface area contributed by atoms with Gasteiger partial charge in [-0.2, -0.15) is 0 Å². The molecule has 2 aromatic rings. The minimum Gasteiger partial charge on any atom is -0.491 e. The van der Waals surface area contributed by atoms with Crippen molar-refractivity contribution in [1.82, 2.24) is 4.98 Å². The molecule has 0 aliphatic rings. The van der Waals surface area contributed by atoms with Crippen LogP contribution in [0.15, 0.2) is 42.6 Å². The first-order valence-corrected chi connectivity index (χ1v) is 7.74. The molecule has 0 saturated carbocycles. The highest BCUT2D eigenvalue weighted by Crippen LogP contribution is 2.18. The van der Waals surface area contributed by atoms with Gasteiger partial charge >= 0.3 is 0 Å². The Bertz CT molecular complexity index is 652. The van der Waals surface area contributed by atoms with Crippen LogP contribution in [-0.2, 0) is 0 Å². The highest BCUT2D eigenvalue weighted by Gasteiger charge is 2.09. The van der Waals surface area contributed by atoms with E-state index < -0.39 is 0 Å². The molecular weight excluding hydrogens is 290 g/mol. The molecule has 122 valence electrons. The first-order valence-electron chi connectivity index (χ1n) is 7.74. The number of nitrogens with zero attached hydrogens (tertiary/aromatic N) is 1. The lowest BCUT2D eigenvalue weighted by atomic mass is 10.2. The van der Waals surface area contributed by atoms with E-state index in [0.29, 0.717) is 17.4 Å². The lowest BCUT2D eigenvalue weighted by Gasteiger charge is -2.12. The number of pyridine rings is 1. The van der Waals surface area contributed by atoms with Crippen LogP contribution in [0.3, 0.4) is 0 Å². The normalized spacial score (nSPS) is 10.7. The van der Waals surface area contributed by atoms with Gasteiger partial charge in [-0.1, -0.05) is 0 Å². The van der Waals surface area contributed by atoms with Crippen LogP contribution in [0.1, 0.15) is 38.2 Å². The number of carbonyl (C=O) groups is 1. The number of hydrogen-bond donors (Lipinski definition) is 2. The van der Waals surface area contributed by atoms with Gasteiger partial charge in [0.15, 0.2) is 0 Å². The third-order valence-corrected chi connectivity index (χ3v) is 2.93. The van der Waals surface area contributed by atoms with Gasteiger partial charge in [0.25, 0.3) is 5.91 Å². The summed E-state index contributed by atoms with van der Waals surface area (Å²) < 4.78 is 5.58. The molecule has 0 unspecified atom stereocenters. The second kappa shape index (κ2) is 7.63. The molecule has 5 heteroatoms. The zero-order valence-electron chi connectivity index (χ0n) is 14.0. The van der Waals surface area contributed by atoms with Crippen molar-refractivity contribution < 1.29 is 9.53 Å². The maximum atomic E-state index is 12.3. The van der Waals surface area contributed by atoms with Crippen molar-refractivity contribution in [3.63, 3.8) is 0 Å². The lowest BCUT2D eigenvalue weighted by Crippen LogP contribution is -2.15. The molecule has 0 spiro atoms. The molecule has 0 aliphatic heterocycles. The van der Waals surface area contributed by atoms with Crippen molar-refractivity contribution in [2.45, 2.75) is 39.8 Å². The van der Waals surface area contributed by atoms with E-state index in [1.54, 1.807) is 12.3 Å². The predicted octanol–water partition coefficient (Wildman–Crippen LogP) is 3.94. The summed E-state index contributed by atoms with van der Waals surface area (Å²) in [6.45, 7) is 8.03. The van der Waals surface area contributed by atoms with Crippen LogP contribution < -0.4 is 15.4 Å². The maximum absolute atomic E-state index is 12.3. The molecular formula is C18H23N3O2. The molecule has 0 bridgehead atoms. The lowest BCUT2D eigenvalue weighted by molar-refractivity contribution is 0.102. The van der Waals surface area contributed by atoms with Crippen LogP contribution in [0.25, 0.3) is 0 Å². The molecule has 0 aliphatic carbocycles. The number of hydrogen-bond acceptors (Lipinski definition) is 4. The monoisotopic (exact) mass is 313 g/mol. The van der Waals surface area contributed by atoms with Gasteiger partial charge in [-0.15, -0.1) is 0 Å². The second-order valence-corrected chi connectivity index (χ2v) is 5.87. The van der Waals surface area contributed by atoms with Crippen molar-refractivity contribution >= 4 is 17.3 Å². The fourth-order valence-electron chi connectivity index (χ4n) is 2.06. The average Bonchev–Trinajstić information content (AvgIpc) is 2.48. The standard InChI is InChI=1S/C18H23N3O2/c1-12(2)20-15-9-10-19-17(11-15)18(22)21-14-5-7-16(8-6-14)23-13(3)4/h5-13H,1-4H3,(H,19,20)(H,21,22). The number of anilines is 2. The third-order valence-electron chi connectivity index (χ3n) is 2.93. The molecule has 1 aromatic carbocycles. The minimum atomic E-state index is -0.241. The van der Waals surface area contributed by atoms with Gasteiger partial charge in [-0.05, 0) is 64.1 Å². The van der Waals surface area contributed by atoms with Crippen LogP contribution in [0.2, 0.25) is 0 Å². The molecule has 0 saturated heterocycles. The zero-order valence-corrected chi connectivity index (χ0v) is 14.0. The number of amides is 1. The van der Waals surface area contributed by atoms with Crippen LogP contribution in [0.4, 0.5) is 11.4 Å². The molecule has 5 nitrogen and oxygen atoms in total. The first kappa shape index (κ1) is 16.8. The summed E-state index contributed by atoms with van der Waals surface area (Å²) >= 11 is 0. The van der Waals surface area contributed by atoms with Crippen molar-refractivity contribution in [1.29, 1.82) is 0 Å². The summed E-state index contributed by atoms with van der Waals surface area (Å²) in [4.78, 5) is 16.4. The summed E-state index contributed by atoms with van der Waals surface area (Å²) in [5.74, 6) is 0.536. The molecule has 0 radical (unpaired) electrons. The number of benzene rings is 1. The van der Waals surface area contributed by atoms with Gasteiger partial charge in [0.05, 0.1) is 6.10 Å². The number of nitrogens with one attached hydrogen (secondary N) is 2. The Morgan fingerprint density at radius 3 is 2.35 bits per heavy atom. The molecule has 1 aromatic heterocycles. The minimum absolute atomic E-state index is 0.121. The quantitative estimate of drug-likeness (QED) is 0.848. The molecule has 0 fully saturated rings. The smallest absolute Gasteiger partial charge is 0.274 e. The Labute approximate surface area is 137 Å². The SMILES string of the molecule is CC(C)Nc1ccnc(C(=O)Nc2ccc(OC(C)C)cc2)c1. The van der Waals surface area contributed by atoms with E-state index in [1.165, 1.54) is 0 Å². The van der Waals surface area contributed by atoms with Gasteiger partial charge in [0.1, 0.15) is 11.4 Å². The summed E-state index contributed by atoms with van der Waals surface area (Å²) in [6, 6.07) is 11.2. The Morgan fingerprint density at radius 2 is 1.74 bits per heavy atom. The van der Waals surface area contributed by atoms with Gasteiger partial charge in [0, 0.05) is 23.6 Å². The topological polar surface area (TPSA) is 63.2 Å². The molecule has 1 amide bonds. The molecule has 0 atom stereocenters. The van der Waals surface area contributed by atoms with Crippen LogP contribution in [-0.4, -0.2) is 23.0 Å². The van der Waals surface area contributed by atoms with Crippen LogP contribution >= 0.6 is 0 Å². The largest absolute Gasteiger partial charge is 0.491 e. The fraction of sp³-hybridized carbons (Fsp3) is 0.333. The van der Waals surface area contributed by atoms with E-state index in [1.807, 2.05) is 58.0 Å². The van der Waals surface area contributed by atoms with Gasteiger partial charge in [0.2, 0.25) is 0 Å². The van der Waals surface area contributed by atoms with Crippen molar-refractivity contribution in [3.8, 4) is 5.75 Å². The Hall–Kier alpha value is -2.56. The first-order chi connectivity index (χ1) is 10.9. The van der Waals surface area contributed by atoms with E-state index in [9.17, 15) is 4.79 Å². The Balaban J connectivity index is 2.04. The number of carbonyl (C=O) groups excluding carboxylic acids is 1. The number of ether oxygens (including phenoxy) is 1. The molecule has 1 heterocycles. The maximum Gasteiger partial charge on any atom is 0.274 e. The predicted molar refractivity (Wildman–Crippen MR) is 93.2 cm³/mol. The van der Waals surface area contributed by atoms with E-state index >= 15 is 0 Å². The molecule has 23 heavy (non-hydrogen) atoms. The van der Waals surface area contributed by atoms with Gasteiger partial charge in [-0.25, -0.2) is 0 Å². The molecule has 2 N–H and O–H groups in total. The van der Waals surface area contributed by atoms with Crippen molar-refractivity contribution in [2.24, 2.45) is 0 Å². The number of rotatable bonds is 6. The Morgan fingerprint density at radius 1 is 1.04 bits per heavy atom.